The molecule has 0 saturated carbocycles. The molecule has 10 heavy (non-hydrogen) atoms. The Balaban J connectivity index is 4.08. The first kappa shape index (κ1) is 9.72. The quantitative estimate of drug-likeness (QED) is 0.606. The minimum Gasteiger partial charge on any atom is -0.480 e. The molecule has 0 rings (SSSR count). The molecule has 0 unspecified atom stereocenters. The van der Waals surface area contributed by atoms with E-state index in [0.717, 1.165) is 0 Å². The highest BCUT2D eigenvalue weighted by atomic mass is 35.5. The third kappa shape index (κ3) is 2.15. The fourth-order valence-corrected chi connectivity index (χ4v) is 0.941. The van der Waals surface area contributed by atoms with Gasteiger partial charge in [-0.1, -0.05) is 6.92 Å². The van der Waals surface area contributed by atoms with Gasteiger partial charge in [-0.2, -0.15) is 0 Å². The number of carbonyl (C=O) groups is 1. The fourth-order valence-electron chi connectivity index (χ4n) is 0.604. The molecule has 0 saturated heterocycles. The van der Waals surface area contributed by atoms with E-state index in [1.807, 2.05) is 0 Å². The van der Waals surface area contributed by atoms with E-state index in [2.05, 4.69) is 0 Å². The number of hydrogen-bond acceptors (Lipinski definition) is 2. The van der Waals surface area contributed by atoms with Gasteiger partial charge in [0.2, 0.25) is 0 Å². The fraction of sp³-hybridized carbons (Fsp3) is 0.833. The summed E-state index contributed by atoms with van der Waals surface area (Å²) in [7, 11) is 0. The summed E-state index contributed by atoms with van der Waals surface area (Å²) in [6, 6.07) is 0. The van der Waals surface area contributed by atoms with E-state index in [9.17, 15) is 4.79 Å². The highest BCUT2D eigenvalue weighted by Gasteiger charge is 2.30. The number of carboxylic acid groups (broad SMARTS) is 1. The van der Waals surface area contributed by atoms with Crippen LogP contribution in [0, 0.1) is 0 Å². The number of aliphatic carboxylic acids is 1. The normalized spacial score (nSPS) is 16.3. The van der Waals surface area contributed by atoms with Crippen molar-refractivity contribution in [1.29, 1.82) is 0 Å². The summed E-state index contributed by atoms with van der Waals surface area (Å²) in [5, 5.41) is 8.58. The van der Waals surface area contributed by atoms with Gasteiger partial charge in [-0.25, -0.2) is 0 Å². The van der Waals surface area contributed by atoms with Crippen molar-refractivity contribution in [3.63, 3.8) is 0 Å². The Morgan fingerprint density at radius 1 is 1.80 bits per heavy atom. The Morgan fingerprint density at radius 3 is 2.40 bits per heavy atom. The second-order valence-corrected chi connectivity index (χ2v) is 2.63. The molecule has 0 amide bonds. The van der Waals surface area contributed by atoms with E-state index in [-0.39, 0.29) is 5.88 Å². The van der Waals surface area contributed by atoms with Gasteiger partial charge in [0.1, 0.15) is 5.54 Å². The molecule has 0 aromatic heterocycles. The van der Waals surface area contributed by atoms with Crippen molar-refractivity contribution < 1.29 is 9.90 Å². The van der Waals surface area contributed by atoms with Gasteiger partial charge in [-0.3, -0.25) is 4.79 Å². The smallest absolute Gasteiger partial charge is 0.323 e. The molecule has 0 bridgehead atoms. The molecule has 0 heterocycles. The number of carboxylic acids is 1. The third-order valence-electron chi connectivity index (χ3n) is 1.60. The monoisotopic (exact) mass is 165 g/mol. The number of halogens is 1. The molecule has 0 aliphatic rings. The number of hydrogen-bond donors (Lipinski definition) is 2. The van der Waals surface area contributed by atoms with E-state index < -0.39 is 11.5 Å². The Hall–Kier alpha value is -0.280. The second kappa shape index (κ2) is 3.78. The Labute approximate surface area is 65.2 Å². The summed E-state index contributed by atoms with van der Waals surface area (Å²) in [5.41, 5.74) is 4.34. The molecule has 0 aromatic rings. The van der Waals surface area contributed by atoms with E-state index in [4.69, 9.17) is 22.4 Å². The maximum atomic E-state index is 10.5. The molecule has 60 valence electrons. The van der Waals surface area contributed by atoms with Crippen LogP contribution >= 0.6 is 11.6 Å². The topological polar surface area (TPSA) is 63.3 Å². The van der Waals surface area contributed by atoms with Crippen molar-refractivity contribution in [3.8, 4) is 0 Å². The Morgan fingerprint density at radius 2 is 2.30 bits per heavy atom. The van der Waals surface area contributed by atoms with Crippen molar-refractivity contribution in [1.82, 2.24) is 0 Å². The highest BCUT2D eigenvalue weighted by molar-refractivity contribution is 6.18. The zero-order valence-electron chi connectivity index (χ0n) is 5.93. The van der Waals surface area contributed by atoms with Gasteiger partial charge in [0.15, 0.2) is 0 Å². The molecule has 0 aliphatic heterocycles. The molecule has 0 aromatic carbocycles. The van der Waals surface area contributed by atoms with Crippen LogP contribution in [0.15, 0.2) is 0 Å². The predicted octanol–water partition coefficient (Wildman–Crippen LogP) is 0.807. The number of alkyl halides is 1. The van der Waals surface area contributed by atoms with Crippen LogP contribution in [0.5, 0.6) is 0 Å². The van der Waals surface area contributed by atoms with Crippen molar-refractivity contribution >= 4 is 17.6 Å². The minimum absolute atomic E-state index is 0.288. The summed E-state index contributed by atoms with van der Waals surface area (Å²) < 4.78 is 0. The molecular formula is C6H12ClNO2. The van der Waals surface area contributed by atoms with E-state index in [1.165, 1.54) is 0 Å². The zero-order valence-corrected chi connectivity index (χ0v) is 6.69. The van der Waals surface area contributed by atoms with Gasteiger partial charge in [-0.05, 0) is 12.8 Å². The molecule has 4 heteroatoms. The first-order valence-electron chi connectivity index (χ1n) is 3.15. The van der Waals surface area contributed by atoms with Crippen LogP contribution in [0.1, 0.15) is 19.8 Å². The Kier molecular flexibility index (Phi) is 3.68. The van der Waals surface area contributed by atoms with E-state index >= 15 is 0 Å². The summed E-state index contributed by atoms with van der Waals surface area (Å²) >= 11 is 5.37. The van der Waals surface area contributed by atoms with Gasteiger partial charge in [0.05, 0.1) is 0 Å². The van der Waals surface area contributed by atoms with Crippen molar-refractivity contribution in [3.05, 3.63) is 0 Å². The summed E-state index contributed by atoms with van der Waals surface area (Å²) in [6.07, 6.45) is 0.732. The molecule has 0 spiro atoms. The van der Waals surface area contributed by atoms with Crippen molar-refractivity contribution in [2.24, 2.45) is 5.73 Å². The number of rotatable bonds is 4. The standard InChI is InChI=1S/C6H12ClNO2/c1-2-6(8,3-4-7)5(9)10/h2-4,8H2,1H3,(H,9,10)/t6-/m0/s1. The highest BCUT2D eigenvalue weighted by Crippen LogP contribution is 2.12. The van der Waals surface area contributed by atoms with E-state index in [1.54, 1.807) is 6.92 Å². The zero-order chi connectivity index (χ0) is 8.20. The summed E-state index contributed by atoms with van der Waals surface area (Å²) in [6.45, 7) is 1.74. The minimum atomic E-state index is -1.12. The van der Waals surface area contributed by atoms with Crippen molar-refractivity contribution in [2.75, 3.05) is 5.88 Å². The lowest BCUT2D eigenvalue weighted by molar-refractivity contribution is -0.143. The van der Waals surface area contributed by atoms with Crippen LogP contribution in [0.3, 0.4) is 0 Å². The van der Waals surface area contributed by atoms with Crippen LogP contribution in [-0.4, -0.2) is 22.5 Å². The lowest BCUT2D eigenvalue weighted by Crippen LogP contribution is -2.47. The third-order valence-corrected chi connectivity index (χ3v) is 1.79. The van der Waals surface area contributed by atoms with Gasteiger partial charge < -0.3 is 10.8 Å². The Bertz CT molecular complexity index is 129. The van der Waals surface area contributed by atoms with Crippen LogP contribution in [0.25, 0.3) is 0 Å². The summed E-state index contributed by atoms with van der Waals surface area (Å²) in [5.74, 6) is -0.688. The average Bonchev–Trinajstić information content (AvgIpc) is 1.88. The molecule has 0 radical (unpaired) electrons. The van der Waals surface area contributed by atoms with Gasteiger partial charge in [-0.15, -0.1) is 11.6 Å². The van der Waals surface area contributed by atoms with Gasteiger partial charge in [0, 0.05) is 5.88 Å². The maximum absolute atomic E-state index is 10.5. The molecule has 0 fully saturated rings. The lowest BCUT2D eigenvalue weighted by Gasteiger charge is -2.20. The van der Waals surface area contributed by atoms with Crippen LogP contribution in [-0.2, 0) is 4.79 Å². The molecule has 1 atom stereocenters. The molecule has 3 nitrogen and oxygen atoms in total. The largest absolute Gasteiger partial charge is 0.480 e. The second-order valence-electron chi connectivity index (χ2n) is 2.25. The van der Waals surface area contributed by atoms with Gasteiger partial charge >= 0.3 is 5.97 Å². The van der Waals surface area contributed by atoms with Crippen LogP contribution in [0.4, 0.5) is 0 Å². The molecule has 0 aliphatic carbocycles. The van der Waals surface area contributed by atoms with Crippen LogP contribution in [0.2, 0.25) is 0 Å². The van der Waals surface area contributed by atoms with Gasteiger partial charge in [0.25, 0.3) is 0 Å². The number of nitrogens with two attached hydrogens (primary N) is 1. The summed E-state index contributed by atoms with van der Waals surface area (Å²) in [4.78, 5) is 10.5. The predicted molar refractivity (Wildman–Crippen MR) is 40.2 cm³/mol. The SMILES string of the molecule is CC[C@](N)(CCCl)C(=O)O. The first-order valence-corrected chi connectivity index (χ1v) is 3.68. The first-order chi connectivity index (χ1) is 4.56. The lowest BCUT2D eigenvalue weighted by atomic mass is 9.95. The molecular weight excluding hydrogens is 154 g/mol. The van der Waals surface area contributed by atoms with E-state index in [0.29, 0.717) is 12.8 Å². The average molecular weight is 166 g/mol. The van der Waals surface area contributed by atoms with Crippen molar-refractivity contribution in [2.45, 2.75) is 25.3 Å². The maximum Gasteiger partial charge on any atom is 0.323 e. The van der Waals surface area contributed by atoms with Crippen LogP contribution < -0.4 is 5.73 Å². The molecule has 3 N–H and O–H groups in total.